The number of ether oxygens (including phenoxy) is 6. The third kappa shape index (κ3) is 10.2. The van der Waals surface area contributed by atoms with Gasteiger partial charge in [0.15, 0.2) is 17.8 Å². The van der Waals surface area contributed by atoms with Crippen LogP contribution in [-0.2, 0) is 20.9 Å². The van der Waals surface area contributed by atoms with E-state index in [9.17, 15) is 25.1 Å². The third-order valence-electron chi connectivity index (χ3n) is 13.4. The summed E-state index contributed by atoms with van der Waals surface area (Å²) < 4.78 is 37.8. The van der Waals surface area contributed by atoms with Crippen molar-refractivity contribution in [3.63, 3.8) is 0 Å². The van der Waals surface area contributed by atoms with Crippen LogP contribution in [0.2, 0.25) is 0 Å². The van der Waals surface area contributed by atoms with Gasteiger partial charge >= 0.3 is 0 Å². The number of aldehydes is 1. The SMILES string of the molecule is C=CCO[C@@]12Oc3ccc(Oc4ccc(OC)c(C=O)c4)cc3[C@H]3[C@H](CCCCO)[C@@H](CCCCO)C=C(C(=NOC)C[C@@H]1N(Cc1ccc4c(c1)OCO4)C(=O)C=Cc1ccc([N+](=O)[O-])cc1)[C@H]32. The Labute approximate surface area is 400 Å². The number of oxime groups is 1. The lowest BCUT2D eigenvalue weighted by atomic mass is 9.55. The van der Waals surface area contributed by atoms with E-state index in [2.05, 4.69) is 12.7 Å². The first-order valence-corrected chi connectivity index (χ1v) is 23.2. The summed E-state index contributed by atoms with van der Waals surface area (Å²) in [4.78, 5) is 45.5. The monoisotopic (exact) mass is 943 g/mol. The van der Waals surface area contributed by atoms with Gasteiger partial charge in [0, 0.05) is 55.9 Å². The summed E-state index contributed by atoms with van der Waals surface area (Å²) in [6.07, 6.45) is 12.0. The number of fused-ring (bicyclic) bond motifs is 3. The van der Waals surface area contributed by atoms with Crippen LogP contribution in [0.3, 0.4) is 0 Å². The molecule has 2 aliphatic carbocycles. The van der Waals surface area contributed by atoms with Crippen molar-refractivity contribution in [2.75, 3.05) is 40.8 Å². The molecule has 6 atom stereocenters. The van der Waals surface area contributed by atoms with Crippen LogP contribution in [0.15, 0.2) is 114 Å². The molecule has 0 saturated heterocycles. The van der Waals surface area contributed by atoms with Gasteiger partial charge in [0.1, 0.15) is 36.1 Å². The third-order valence-corrected chi connectivity index (χ3v) is 13.4. The molecule has 4 aliphatic rings. The molecule has 8 rings (SSSR count). The molecule has 16 nitrogen and oxygen atoms in total. The number of amides is 1. The van der Waals surface area contributed by atoms with E-state index in [0.717, 1.165) is 42.4 Å². The topological polar surface area (TPSA) is 198 Å². The second kappa shape index (κ2) is 22.0. The van der Waals surface area contributed by atoms with Crippen molar-refractivity contribution >= 4 is 29.7 Å². The summed E-state index contributed by atoms with van der Waals surface area (Å²) in [5.41, 5.74) is 3.88. The minimum atomic E-state index is -1.57. The van der Waals surface area contributed by atoms with Crippen molar-refractivity contribution in [1.29, 1.82) is 0 Å². The van der Waals surface area contributed by atoms with Crippen LogP contribution < -0.4 is 23.7 Å². The van der Waals surface area contributed by atoms with Crippen molar-refractivity contribution in [2.45, 2.75) is 69.2 Å². The first-order valence-electron chi connectivity index (χ1n) is 23.2. The van der Waals surface area contributed by atoms with Gasteiger partial charge in [-0.15, -0.1) is 6.58 Å². The van der Waals surface area contributed by atoms with Crippen LogP contribution in [0, 0.1) is 27.9 Å². The predicted octanol–water partition coefficient (Wildman–Crippen LogP) is 8.94. The van der Waals surface area contributed by atoms with E-state index in [1.807, 2.05) is 24.3 Å². The van der Waals surface area contributed by atoms with Crippen molar-refractivity contribution < 1.29 is 58.0 Å². The van der Waals surface area contributed by atoms with Crippen LogP contribution >= 0.6 is 0 Å². The van der Waals surface area contributed by atoms with Gasteiger partial charge in [0.25, 0.3) is 5.69 Å². The number of methoxy groups -OCH3 is 1. The van der Waals surface area contributed by atoms with Crippen LogP contribution in [-0.4, -0.2) is 90.6 Å². The van der Waals surface area contributed by atoms with Gasteiger partial charge in [-0.1, -0.05) is 36.2 Å². The van der Waals surface area contributed by atoms with Gasteiger partial charge in [0.05, 0.1) is 35.8 Å². The Morgan fingerprint density at radius 1 is 0.942 bits per heavy atom. The van der Waals surface area contributed by atoms with E-state index in [0.29, 0.717) is 70.5 Å². The average molecular weight is 944 g/mol. The van der Waals surface area contributed by atoms with Crippen molar-refractivity contribution in [2.24, 2.45) is 22.9 Å². The lowest BCUT2D eigenvalue weighted by Gasteiger charge is -2.60. The maximum atomic E-state index is 15.2. The Balaban J connectivity index is 1.32. The van der Waals surface area contributed by atoms with Gasteiger partial charge in [-0.25, -0.2) is 0 Å². The van der Waals surface area contributed by atoms with Crippen LogP contribution in [0.5, 0.6) is 34.5 Å². The van der Waals surface area contributed by atoms with E-state index in [1.54, 1.807) is 59.5 Å². The number of nitro groups is 1. The smallest absolute Gasteiger partial charge is 0.269 e. The van der Waals surface area contributed by atoms with Crippen molar-refractivity contribution in [1.82, 2.24) is 4.90 Å². The molecule has 0 radical (unpaired) electrons. The molecule has 2 aliphatic heterocycles. The maximum absolute atomic E-state index is 15.2. The number of benzene rings is 4. The maximum Gasteiger partial charge on any atom is 0.269 e. The zero-order valence-corrected chi connectivity index (χ0v) is 38.7. The number of carbonyl (C=O) groups is 2. The normalized spacial score (nSPS) is 22.5. The molecule has 0 spiro atoms. The molecule has 0 aromatic heterocycles. The molecule has 4 aromatic rings. The molecule has 2 N–H and O–H groups in total. The molecule has 0 unspecified atom stereocenters. The van der Waals surface area contributed by atoms with E-state index in [1.165, 1.54) is 32.4 Å². The largest absolute Gasteiger partial charge is 0.496 e. The van der Waals surface area contributed by atoms with Crippen LogP contribution in [0.25, 0.3) is 6.08 Å². The summed E-state index contributed by atoms with van der Waals surface area (Å²) in [7, 11) is 2.99. The molecule has 4 aromatic carbocycles. The summed E-state index contributed by atoms with van der Waals surface area (Å²) in [6, 6.07) is 21.2. The number of unbranched alkanes of at least 4 members (excludes halogenated alkanes) is 2. The number of aliphatic hydroxyl groups is 2. The molecule has 0 bridgehead atoms. The number of allylic oxidation sites excluding steroid dienone is 1. The van der Waals surface area contributed by atoms with Crippen LogP contribution in [0.1, 0.15) is 77.9 Å². The van der Waals surface area contributed by atoms with Gasteiger partial charge in [-0.2, -0.15) is 0 Å². The van der Waals surface area contributed by atoms with Gasteiger partial charge in [-0.05, 0) is 121 Å². The van der Waals surface area contributed by atoms with E-state index in [4.69, 9.17) is 38.4 Å². The Morgan fingerprint density at radius 2 is 1.68 bits per heavy atom. The highest BCUT2D eigenvalue weighted by Crippen LogP contribution is 2.62. The number of nitro benzene ring substituents is 1. The Bertz CT molecular complexity index is 2610. The fraction of sp³-hybridized carbons (Fsp3) is 0.377. The first-order chi connectivity index (χ1) is 33.6. The lowest BCUT2D eigenvalue weighted by Crippen LogP contribution is -2.70. The van der Waals surface area contributed by atoms with Gasteiger partial charge < -0.3 is 48.4 Å². The summed E-state index contributed by atoms with van der Waals surface area (Å²) in [5.74, 6) is 0.00155. The quantitative estimate of drug-likeness (QED) is 0.0189. The highest BCUT2D eigenvalue weighted by Gasteiger charge is 2.65. The summed E-state index contributed by atoms with van der Waals surface area (Å²) in [6.45, 7) is 4.30. The summed E-state index contributed by atoms with van der Waals surface area (Å²) >= 11 is 0. The molecular weight excluding hydrogens is 887 g/mol. The Kier molecular flexibility index (Phi) is 15.4. The number of nitrogens with zero attached hydrogens (tertiary/aromatic N) is 3. The molecule has 16 heteroatoms. The van der Waals surface area contributed by atoms with E-state index in [-0.39, 0.29) is 63.0 Å². The molecule has 1 fully saturated rings. The fourth-order valence-electron chi connectivity index (χ4n) is 10.4. The standard InChI is InChI=1S/C53H57N3O13/c1-4-25-67-53-49(55(31-35-13-19-47-48(26-35)66-33-65-47)50(60)22-14-34-11-15-38(16-12-34)56(61)62)30-44(54-64-3)42-28-36(9-5-7-23-57)41(10-6-8-24-58)51(52(42)53)43-29-40(18-21-46(43)69-53)68-39-17-20-45(63-2)37(27-39)32-59/h4,11-22,26-29,32,36,41,49,51-52,57-58H,1,5-10,23-25,30-31,33H2,2-3H3/t36-,41+,49-,51+,52+,53+/m0/s1. The van der Waals surface area contributed by atoms with Crippen LogP contribution in [0.4, 0.5) is 5.69 Å². The van der Waals surface area contributed by atoms with E-state index < -0.39 is 28.6 Å². The van der Waals surface area contributed by atoms with E-state index >= 15 is 4.79 Å². The number of aliphatic hydroxyl groups excluding tert-OH is 2. The molecule has 1 saturated carbocycles. The number of rotatable bonds is 22. The predicted molar refractivity (Wildman–Crippen MR) is 256 cm³/mol. The number of non-ortho nitro benzene ring substituents is 1. The second-order valence-electron chi connectivity index (χ2n) is 17.4. The number of hydrogen-bond donors (Lipinski definition) is 2. The van der Waals surface area contributed by atoms with Gasteiger partial charge in [-0.3, -0.25) is 19.7 Å². The minimum Gasteiger partial charge on any atom is -0.496 e. The molecular formula is C53H57N3O13. The Hall–Kier alpha value is -7.01. The molecule has 2 heterocycles. The number of carbonyl (C=O) groups excluding carboxylic acids is 2. The number of hydrogen-bond acceptors (Lipinski definition) is 14. The molecule has 69 heavy (non-hydrogen) atoms. The highest BCUT2D eigenvalue weighted by atomic mass is 16.7. The van der Waals surface area contributed by atoms with Gasteiger partial charge in [0.2, 0.25) is 18.5 Å². The zero-order chi connectivity index (χ0) is 48.5. The summed E-state index contributed by atoms with van der Waals surface area (Å²) in [5, 5.41) is 36.1. The average Bonchev–Trinajstić information content (AvgIpc) is 3.84. The lowest BCUT2D eigenvalue weighted by molar-refractivity contribution is -0.384. The van der Waals surface area contributed by atoms with Crippen molar-refractivity contribution in [3.8, 4) is 34.5 Å². The highest BCUT2D eigenvalue weighted by molar-refractivity contribution is 6.03. The van der Waals surface area contributed by atoms with Crippen molar-refractivity contribution in [3.05, 3.63) is 142 Å². The minimum absolute atomic E-state index is 0.00883. The second-order valence-corrected chi connectivity index (χ2v) is 17.4. The molecule has 1 amide bonds. The fourth-order valence-corrected chi connectivity index (χ4v) is 10.4. The zero-order valence-electron chi connectivity index (χ0n) is 38.7. The molecule has 362 valence electrons. The first kappa shape index (κ1) is 48.4. The Morgan fingerprint density at radius 3 is 2.41 bits per heavy atom.